The molecule has 2 rings (SSSR count). The molecule has 0 atom stereocenters. The van der Waals surface area contributed by atoms with Crippen molar-refractivity contribution in [1.82, 2.24) is 4.98 Å². The third-order valence-corrected chi connectivity index (χ3v) is 3.73. The smallest absolute Gasteiger partial charge is 0.0595 e. The first kappa shape index (κ1) is 14.9. The SMILES string of the molecule is CCN(CC)c1ccc(NCc2ccc(Br)cn2)cc1. The minimum Gasteiger partial charge on any atom is -0.379 e. The second-order valence-corrected chi connectivity index (χ2v) is 5.46. The Morgan fingerprint density at radius 3 is 2.30 bits per heavy atom. The maximum absolute atomic E-state index is 4.35. The van der Waals surface area contributed by atoms with E-state index in [1.165, 1.54) is 5.69 Å². The molecule has 0 bridgehead atoms. The Kier molecular flexibility index (Phi) is 5.41. The molecule has 1 N–H and O–H groups in total. The van der Waals surface area contributed by atoms with Gasteiger partial charge < -0.3 is 10.2 Å². The van der Waals surface area contributed by atoms with Crippen molar-refractivity contribution in [1.29, 1.82) is 0 Å². The fraction of sp³-hybridized carbons (Fsp3) is 0.312. The zero-order chi connectivity index (χ0) is 14.4. The average molecular weight is 334 g/mol. The van der Waals surface area contributed by atoms with Gasteiger partial charge in [0.05, 0.1) is 12.2 Å². The van der Waals surface area contributed by atoms with Crippen LogP contribution in [-0.4, -0.2) is 18.1 Å². The van der Waals surface area contributed by atoms with E-state index in [1.54, 1.807) is 0 Å². The van der Waals surface area contributed by atoms with E-state index in [9.17, 15) is 0 Å². The van der Waals surface area contributed by atoms with Crippen molar-refractivity contribution in [2.24, 2.45) is 0 Å². The van der Waals surface area contributed by atoms with E-state index in [2.05, 4.69) is 69.2 Å². The topological polar surface area (TPSA) is 28.2 Å². The number of hydrogen-bond donors (Lipinski definition) is 1. The first-order valence-electron chi connectivity index (χ1n) is 6.92. The first-order valence-corrected chi connectivity index (χ1v) is 7.71. The van der Waals surface area contributed by atoms with Crippen LogP contribution in [0, 0.1) is 0 Å². The van der Waals surface area contributed by atoms with Crippen molar-refractivity contribution in [2.45, 2.75) is 20.4 Å². The summed E-state index contributed by atoms with van der Waals surface area (Å²) in [5.74, 6) is 0. The van der Waals surface area contributed by atoms with Crippen LogP contribution < -0.4 is 10.2 Å². The lowest BCUT2D eigenvalue weighted by Crippen LogP contribution is -2.21. The van der Waals surface area contributed by atoms with Crippen LogP contribution in [0.25, 0.3) is 0 Å². The van der Waals surface area contributed by atoms with Gasteiger partial charge in [-0.1, -0.05) is 0 Å². The van der Waals surface area contributed by atoms with Crippen molar-refractivity contribution >= 4 is 27.3 Å². The molecule has 2 aromatic rings. The van der Waals surface area contributed by atoms with E-state index in [-0.39, 0.29) is 0 Å². The van der Waals surface area contributed by atoms with Crippen LogP contribution >= 0.6 is 15.9 Å². The lowest BCUT2D eigenvalue weighted by atomic mass is 10.2. The van der Waals surface area contributed by atoms with Gasteiger partial charge in [0, 0.05) is 35.1 Å². The first-order chi connectivity index (χ1) is 9.72. The molecule has 1 aromatic carbocycles. The van der Waals surface area contributed by atoms with Crippen LogP contribution in [-0.2, 0) is 6.54 Å². The van der Waals surface area contributed by atoms with E-state index < -0.39 is 0 Å². The number of hydrogen-bond acceptors (Lipinski definition) is 3. The highest BCUT2D eigenvalue weighted by atomic mass is 79.9. The molecule has 3 nitrogen and oxygen atoms in total. The lowest BCUT2D eigenvalue weighted by molar-refractivity contribution is 0.866. The van der Waals surface area contributed by atoms with E-state index in [0.717, 1.165) is 35.5 Å². The molecule has 106 valence electrons. The van der Waals surface area contributed by atoms with Gasteiger partial charge in [0.15, 0.2) is 0 Å². The number of pyridine rings is 1. The molecule has 0 radical (unpaired) electrons. The van der Waals surface area contributed by atoms with Crippen molar-refractivity contribution in [2.75, 3.05) is 23.3 Å². The predicted octanol–water partition coefficient (Wildman–Crippen LogP) is 4.30. The summed E-state index contributed by atoms with van der Waals surface area (Å²) in [7, 11) is 0. The number of nitrogens with zero attached hydrogens (tertiary/aromatic N) is 2. The number of benzene rings is 1. The Morgan fingerprint density at radius 1 is 1.05 bits per heavy atom. The quantitative estimate of drug-likeness (QED) is 0.854. The molecule has 0 aliphatic carbocycles. The van der Waals surface area contributed by atoms with Crippen LogP contribution in [0.3, 0.4) is 0 Å². The molecule has 0 aliphatic heterocycles. The summed E-state index contributed by atoms with van der Waals surface area (Å²) in [4.78, 5) is 6.68. The molecule has 0 aliphatic rings. The molecule has 0 amide bonds. The second kappa shape index (κ2) is 7.29. The second-order valence-electron chi connectivity index (χ2n) is 4.54. The van der Waals surface area contributed by atoms with Crippen LogP contribution in [0.2, 0.25) is 0 Å². The highest BCUT2D eigenvalue weighted by Crippen LogP contribution is 2.18. The maximum Gasteiger partial charge on any atom is 0.0595 e. The molecule has 20 heavy (non-hydrogen) atoms. The molecule has 0 saturated carbocycles. The molecular weight excluding hydrogens is 314 g/mol. The monoisotopic (exact) mass is 333 g/mol. The molecule has 0 saturated heterocycles. The van der Waals surface area contributed by atoms with Gasteiger partial charge in [0.1, 0.15) is 0 Å². The van der Waals surface area contributed by atoms with Crippen LogP contribution in [0.1, 0.15) is 19.5 Å². The number of anilines is 2. The van der Waals surface area contributed by atoms with E-state index in [1.807, 2.05) is 18.3 Å². The molecule has 0 spiro atoms. The molecule has 0 unspecified atom stereocenters. The van der Waals surface area contributed by atoms with Crippen LogP contribution in [0.5, 0.6) is 0 Å². The zero-order valence-corrected chi connectivity index (χ0v) is 13.5. The highest BCUT2D eigenvalue weighted by molar-refractivity contribution is 9.10. The van der Waals surface area contributed by atoms with E-state index >= 15 is 0 Å². The standard InChI is InChI=1S/C16H20BrN3/c1-3-20(4-2)16-9-7-14(8-10-16)19-12-15-6-5-13(17)11-18-15/h5-11,19H,3-4,12H2,1-2H3. The predicted molar refractivity (Wildman–Crippen MR) is 89.3 cm³/mol. The summed E-state index contributed by atoms with van der Waals surface area (Å²) >= 11 is 3.39. The highest BCUT2D eigenvalue weighted by Gasteiger charge is 2.01. The van der Waals surface area contributed by atoms with Crippen molar-refractivity contribution in [3.63, 3.8) is 0 Å². The third-order valence-electron chi connectivity index (χ3n) is 3.26. The number of rotatable bonds is 6. The van der Waals surface area contributed by atoms with Gasteiger partial charge in [-0.3, -0.25) is 4.98 Å². The third kappa shape index (κ3) is 3.97. The van der Waals surface area contributed by atoms with Gasteiger partial charge in [-0.2, -0.15) is 0 Å². The molecule has 1 aromatic heterocycles. The van der Waals surface area contributed by atoms with Crippen molar-refractivity contribution in [3.05, 3.63) is 52.8 Å². The minimum atomic E-state index is 0.734. The Labute approximate surface area is 129 Å². The molecule has 1 heterocycles. The Balaban J connectivity index is 1.95. The summed E-state index contributed by atoms with van der Waals surface area (Å²) in [5, 5.41) is 3.39. The van der Waals surface area contributed by atoms with Gasteiger partial charge in [-0.25, -0.2) is 0 Å². The fourth-order valence-electron chi connectivity index (χ4n) is 2.08. The summed E-state index contributed by atoms with van der Waals surface area (Å²) in [6.45, 7) is 7.15. The Hall–Kier alpha value is -1.55. The van der Waals surface area contributed by atoms with Crippen molar-refractivity contribution in [3.8, 4) is 0 Å². The normalized spacial score (nSPS) is 10.3. The lowest BCUT2D eigenvalue weighted by Gasteiger charge is -2.21. The molecular formula is C16H20BrN3. The summed E-state index contributed by atoms with van der Waals surface area (Å²) in [6.07, 6.45) is 1.82. The average Bonchev–Trinajstić information content (AvgIpc) is 2.49. The summed E-state index contributed by atoms with van der Waals surface area (Å²) in [5.41, 5.74) is 3.41. The van der Waals surface area contributed by atoms with Gasteiger partial charge in [0.2, 0.25) is 0 Å². The number of nitrogens with one attached hydrogen (secondary N) is 1. The van der Waals surface area contributed by atoms with E-state index in [4.69, 9.17) is 0 Å². The summed E-state index contributed by atoms with van der Waals surface area (Å²) in [6, 6.07) is 12.6. The van der Waals surface area contributed by atoms with Crippen molar-refractivity contribution < 1.29 is 0 Å². The van der Waals surface area contributed by atoms with Crippen LogP contribution in [0.15, 0.2) is 47.1 Å². The zero-order valence-electron chi connectivity index (χ0n) is 11.9. The largest absolute Gasteiger partial charge is 0.379 e. The number of aromatic nitrogens is 1. The Bertz CT molecular complexity index is 518. The fourth-order valence-corrected chi connectivity index (χ4v) is 2.32. The van der Waals surface area contributed by atoms with Gasteiger partial charge in [-0.05, 0) is 66.2 Å². The molecule has 0 fully saturated rings. The van der Waals surface area contributed by atoms with E-state index in [0.29, 0.717) is 0 Å². The van der Waals surface area contributed by atoms with Crippen LogP contribution in [0.4, 0.5) is 11.4 Å². The van der Waals surface area contributed by atoms with Gasteiger partial charge in [0.25, 0.3) is 0 Å². The Morgan fingerprint density at radius 2 is 1.75 bits per heavy atom. The minimum absolute atomic E-state index is 0.734. The van der Waals surface area contributed by atoms with Gasteiger partial charge in [-0.15, -0.1) is 0 Å². The summed E-state index contributed by atoms with van der Waals surface area (Å²) < 4.78 is 1.00. The number of halogens is 1. The maximum atomic E-state index is 4.35. The van der Waals surface area contributed by atoms with Gasteiger partial charge >= 0.3 is 0 Å². The molecule has 4 heteroatoms.